The van der Waals surface area contributed by atoms with Gasteiger partial charge in [-0.15, -0.1) is 0 Å². The van der Waals surface area contributed by atoms with Crippen LogP contribution in [0, 0.1) is 19.8 Å². The molecule has 0 unspecified atom stereocenters. The van der Waals surface area contributed by atoms with E-state index in [1.165, 1.54) is 11.1 Å². The summed E-state index contributed by atoms with van der Waals surface area (Å²) in [4.78, 5) is 10.3. The standard InChI is InChI=1S/C6H13NO.2C6H7.Y/c1-3-5(4-2)6(7)8;2*1-6-4-2-3-5-6;/h5H,3-4H2,1-2H3,(H2,7,8);2*2-5H,1H3;/q;2*-1;+3/p-1. The van der Waals surface area contributed by atoms with Gasteiger partial charge in [0.25, 0.3) is 0 Å². The van der Waals surface area contributed by atoms with E-state index in [-0.39, 0.29) is 38.6 Å². The molecule has 0 spiro atoms. The molecule has 0 saturated carbocycles. The fraction of sp³-hybridized carbons (Fsp3) is 0.389. The predicted molar refractivity (Wildman–Crippen MR) is 86.9 cm³/mol. The fourth-order valence-electron chi connectivity index (χ4n) is 1.60. The van der Waals surface area contributed by atoms with Crippen molar-refractivity contribution in [1.82, 2.24) is 0 Å². The SMILES string of the molecule is CCC(CC)C([NH-])=O.C[c-]1cccc1.C[c-]1cccc1.[Y+3]. The van der Waals surface area contributed by atoms with E-state index in [2.05, 4.69) is 38.1 Å². The van der Waals surface area contributed by atoms with Crippen LogP contribution in [-0.2, 0) is 37.5 Å². The first-order chi connectivity index (χ1) is 9.51. The molecule has 0 heterocycles. The Bertz CT molecular complexity index is 395. The quantitative estimate of drug-likeness (QED) is 0.673. The topological polar surface area (TPSA) is 40.9 Å². The zero-order chi connectivity index (χ0) is 15.4. The number of amides is 1. The third kappa shape index (κ3) is 12.7. The van der Waals surface area contributed by atoms with Crippen molar-refractivity contribution in [3.63, 3.8) is 0 Å². The molecule has 1 N–H and O–H groups in total. The normalized spacial score (nSPS) is 8.81. The smallest absolute Gasteiger partial charge is 0.668 e. The van der Waals surface area contributed by atoms with Gasteiger partial charge in [0.05, 0.1) is 5.91 Å². The number of carbonyl (C=O) groups is 1. The van der Waals surface area contributed by atoms with Crippen molar-refractivity contribution in [1.29, 1.82) is 0 Å². The van der Waals surface area contributed by atoms with Gasteiger partial charge in [0, 0.05) is 0 Å². The van der Waals surface area contributed by atoms with Crippen LogP contribution < -0.4 is 0 Å². The van der Waals surface area contributed by atoms with Crippen LogP contribution in [0.2, 0.25) is 0 Å². The van der Waals surface area contributed by atoms with Gasteiger partial charge >= 0.3 is 32.7 Å². The Kier molecular flexibility index (Phi) is 15.3. The molecule has 0 aliphatic rings. The van der Waals surface area contributed by atoms with Crippen molar-refractivity contribution >= 4 is 5.91 Å². The van der Waals surface area contributed by atoms with E-state index < -0.39 is 5.91 Å². The summed E-state index contributed by atoms with van der Waals surface area (Å²) in [6.45, 7) is 8.03. The van der Waals surface area contributed by atoms with Gasteiger partial charge < -0.3 is 10.5 Å². The summed E-state index contributed by atoms with van der Waals surface area (Å²) in [6, 6.07) is 16.5. The number of aryl methyl sites for hydroxylation is 2. The maximum atomic E-state index is 10.3. The summed E-state index contributed by atoms with van der Waals surface area (Å²) >= 11 is 0. The average molecular weight is 361 g/mol. The van der Waals surface area contributed by atoms with Gasteiger partial charge in [-0.05, 0) is 18.8 Å². The number of hydrogen-bond acceptors (Lipinski definition) is 1. The molecular weight excluding hydrogens is 335 g/mol. The molecule has 0 fully saturated rings. The summed E-state index contributed by atoms with van der Waals surface area (Å²) in [5, 5.41) is 0. The van der Waals surface area contributed by atoms with E-state index >= 15 is 0 Å². The summed E-state index contributed by atoms with van der Waals surface area (Å²) in [7, 11) is 0. The first kappa shape index (κ1) is 22.6. The van der Waals surface area contributed by atoms with Crippen molar-refractivity contribution in [2.75, 3.05) is 0 Å². The van der Waals surface area contributed by atoms with Crippen LogP contribution in [0.15, 0.2) is 48.5 Å². The van der Waals surface area contributed by atoms with Crippen molar-refractivity contribution in [2.24, 2.45) is 5.92 Å². The molecule has 0 atom stereocenters. The Hall–Kier alpha value is -0.726. The van der Waals surface area contributed by atoms with Crippen LogP contribution in [0.4, 0.5) is 0 Å². The third-order valence-corrected chi connectivity index (χ3v) is 3.02. The molecule has 0 radical (unpaired) electrons. The Balaban J connectivity index is 0. The Labute approximate surface area is 154 Å². The van der Waals surface area contributed by atoms with Crippen molar-refractivity contribution < 1.29 is 37.5 Å². The molecular formula is C18H26NOY. The molecule has 2 nitrogen and oxygen atoms in total. The molecule has 3 heteroatoms. The van der Waals surface area contributed by atoms with Gasteiger partial charge in [-0.2, -0.15) is 35.4 Å². The van der Waals surface area contributed by atoms with Gasteiger partial charge in [0.15, 0.2) is 0 Å². The molecule has 2 rings (SSSR count). The van der Waals surface area contributed by atoms with E-state index in [1.54, 1.807) is 0 Å². The van der Waals surface area contributed by atoms with Gasteiger partial charge in [-0.3, -0.25) is 0 Å². The summed E-state index contributed by atoms with van der Waals surface area (Å²) in [5.74, 6) is -0.440. The molecule has 0 bridgehead atoms. The second-order valence-electron chi connectivity index (χ2n) is 4.80. The minimum Gasteiger partial charge on any atom is -0.668 e. The van der Waals surface area contributed by atoms with Crippen LogP contribution in [0.3, 0.4) is 0 Å². The largest absolute Gasteiger partial charge is 3.00 e. The van der Waals surface area contributed by atoms with Crippen LogP contribution in [0.1, 0.15) is 37.8 Å². The van der Waals surface area contributed by atoms with E-state index in [0.29, 0.717) is 0 Å². The summed E-state index contributed by atoms with van der Waals surface area (Å²) in [6.07, 6.45) is 1.61. The van der Waals surface area contributed by atoms with Crippen molar-refractivity contribution in [2.45, 2.75) is 40.5 Å². The van der Waals surface area contributed by atoms with Crippen LogP contribution in [0.5, 0.6) is 0 Å². The second kappa shape index (κ2) is 14.2. The Morgan fingerprint density at radius 2 is 1.19 bits per heavy atom. The second-order valence-corrected chi connectivity index (χ2v) is 4.80. The molecule has 112 valence electrons. The Morgan fingerprint density at radius 1 is 0.905 bits per heavy atom. The van der Waals surface area contributed by atoms with Gasteiger partial charge in [0.2, 0.25) is 0 Å². The molecule has 0 saturated heterocycles. The third-order valence-electron chi connectivity index (χ3n) is 3.02. The average Bonchev–Trinajstić information content (AvgIpc) is 3.05. The molecule has 0 aliphatic heterocycles. The summed E-state index contributed by atoms with van der Waals surface area (Å²) < 4.78 is 0. The first-order valence-electron chi connectivity index (χ1n) is 7.13. The van der Waals surface area contributed by atoms with Crippen LogP contribution >= 0.6 is 0 Å². The van der Waals surface area contributed by atoms with Gasteiger partial charge in [-0.1, -0.05) is 27.7 Å². The van der Waals surface area contributed by atoms with E-state index in [4.69, 9.17) is 5.73 Å². The van der Waals surface area contributed by atoms with Crippen molar-refractivity contribution in [3.8, 4) is 0 Å². The molecule has 2 aromatic carbocycles. The van der Waals surface area contributed by atoms with Gasteiger partial charge in [0.1, 0.15) is 0 Å². The molecule has 1 amide bonds. The van der Waals surface area contributed by atoms with E-state index in [1.807, 2.05) is 38.1 Å². The summed E-state index contributed by atoms with van der Waals surface area (Å²) in [5.41, 5.74) is 9.38. The number of hydrogen-bond donors (Lipinski definition) is 0. The van der Waals surface area contributed by atoms with Crippen molar-refractivity contribution in [3.05, 3.63) is 65.4 Å². The monoisotopic (exact) mass is 361 g/mol. The molecule has 0 aromatic heterocycles. The maximum absolute atomic E-state index is 10.3. The maximum Gasteiger partial charge on any atom is 3.00 e. The molecule has 0 aliphatic carbocycles. The minimum absolute atomic E-state index is 0. The van der Waals surface area contributed by atoms with Crippen LogP contribution in [-0.4, -0.2) is 5.91 Å². The first-order valence-corrected chi connectivity index (χ1v) is 7.13. The number of rotatable bonds is 3. The van der Waals surface area contributed by atoms with Gasteiger partial charge in [-0.25, -0.2) is 24.3 Å². The fourth-order valence-corrected chi connectivity index (χ4v) is 1.60. The minimum atomic E-state index is -0.421. The Morgan fingerprint density at radius 3 is 1.24 bits per heavy atom. The number of carbonyl (C=O) groups excluding carboxylic acids is 1. The molecule has 21 heavy (non-hydrogen) atoms. The zero-order valence-corrected chi connectivity index (χ0v) is 16.4. The zero-order valence-electron chi connectivity index (χ0n) is 13.6. The van der Waals surface area contributed by atoms with E-state index in [9.17, 15) is 4.79 Å². The number of nitrogens with one attached hydrogen (secondary N) is 1. The van der Waals surface area contributed by atoms with E-state index in [0.717, 1.165) is 12.8 Å². The molecule has 2 aromatic rings. The predicted octanol–water partition coefficient (Wildman–Crippen LogP) is 5.43. The van der Waals surface area contributed by atoms with Crippen LogP contribution in [0.25, 0.3) is 5.73 Å².